The summed E-state index contributed by atoms with van der Waals surface area (Å²) in [5, 5.41) is 2.78. The first-order valence-electron chi connectivity index (χ1n) is 6.42. The second kappa shape index (κ2) is 6.48. The third kappa shape index (κ3) is 3.64. The van der Waals surface area contributed by atoms with Crippen molar-refractivity contribution in [2.75, 3.05) is 6.61 Å². The molecule has 2 rings (SSSR count). The van der Waals surface area contributed by atoms with Crippen LogP contribution in [0.4, 0.5) is 0 Å². The van der Waals surface area contributed by atoms with Gasteiger partial charge in [0.15, 0.2) is 0 Å². The number of aryl methyl sites for hydroxylation is 1. The summed E-state index contributed by atoms with van der Waals surface area (Å²) in [6, 6.07) is 8.36. The number of nitrogens with zero attached hydrogens (tertiary/aromatic N) is 1. The number of carbonyl (C=O) groups excluding carboxylic acids is 1. The van der Waals surface area contributed by atoms with Gasteiger partial charge in [0.2, 0.25) is 0 Å². The SMILES string of the molecule is CCOC(=O)Cc1nc(-c2ccc(CC)cc2)cs1. The number of benzene rings is 1. The smallest absolute Gasteiger partial charge is 0.312 e. The molecule has 19 heavy (non-hydrogen) atoms. The lowest BCUT2D eigenvalue weighted by atomic mass is 10.1. The van der Waals surface area contributed by atoms with E-state index in [1.165, 1.54) is 16.9 Å². The quantitative estimate of drug-likeness (QED) is 0.784. The Hall–Kier alpha value is -1.68. The van der Waals surface area contributed by atoms with E-state index in [1.807, 2.05) is 5.38 Å². The molecule has 100 valence electrons. The first-order valence-corrected chi connectivity index (χ1v) is 7.30. The Morgan fingerprint density at radius 1 is 1.26 bits per heavy atom. The average molecular weight is 275 g/mol. The molecule has 0 fully saturated rings. The highest BCUT2D eigenvalue weighted by Gasteiger charge is 2.09. The lowest BCUT2D eigenvalue weighted by Gasteiger charge is -2.00. The zero-order valence-electron chi connectivity index (χ0n) is 11.2. The number of aromatic nitrogens is 1. The van der Waals surface area contributed by atoms with Crippen LogP contribution in [0, 0.1) is 0 Å². The van der Waals surface area contributed by atoms with Crippen molar-refractivity contribution < 1.29 is 9.53 Å². The lowest BCUT2D eigenvalue weighted by Crippen LogP contribution is -2.07. The van der Waals surface area contributed by atoms with Crippen molar-refractivity contribution in [1.29, 1.82) is 0 Å². The summed E-state index contributed by atoms with van der Waals surface area (Å²) in [7, 11) is 0. The van der Waals surface area contributed by atoms with Crippen molar-refractivity contribution in [2.45, 2.75) is 26.7 Å². The zero-order chi connectivity index (χ0) is 13.7. The molecule has 3 nitrogen and oxygen atoms in total. The van der Waals surface area contributed by atoms with Crippen LogP contribution in [-0.4, -0.2) is 17.6 Å². The predicted octanol–water partition coefficient (Wildman–Crippen LogP) is 3.48. The highest BCUT2D eigenvalue weighted by Crippen LogP contribution is 2.22. The van der Waals surface area contributed by atoms with Gasteiger partial charge in [0.1, 0.15) is 5.01 Å². The van der Waals surface area contributed by atoms with Crippen LogP contribution in [0.3, 0.4) is 0 Å². The summed E-state index contributed by atoms with van der Waals surface area (Å²) < 4.78 is 4.92. The maximum absolute atomic E-state index is 11.4. The van der Waals surface area contributed by atoms with E-state index in [4.69, 9.17) is 4.74 Å². The molecule has 0 unspecified atom stereocenters. The number of ether oxygens (including phenoxy) is 1. The van der Waals surface area contributed by atoms with Gasteiger partial charge in [0, 0.05) is 10.9 Å². The van der Waals surface area contributed by atoms with E-state index in [1.54, 1.807) is 6.92 Å². The number of hydrogen-bond donors (Lipinski definition) is 0. The van der Waals surface area contributed by atoms with Gasteiger partial charge in [-0.2, -0.15) is 0 Å². The van der Waals surface area contributed by atoms with E-state index in [0.717, 1.165) is 22.7 Å². The van der Waals surface area contributed by atoms with Crippen LogP contribution < -0.4 is 0 Å². The predicted molar refractivity (Wildman–Crippen MR) is 77.3 cm³/mol. The van der Waals surface area contributed by atoms with Crippen LogP contribution in [-0.2, 0) is 22.4 Å². The topological polar surface area (TPSA) is 39.2 Å². The van der Waals surface area contributed by atoms with Crippen LogP contribution in [0.25, 0.3) is 11.3 Å². The Morgan fingerprint density at radius 2 is 2.00 bits per heavy atom. The van der Waals surface area contributed by atoms with E-state index < -0.39 is 0 Å². The molecule has 1 aromatic carbocycles. The Kier molecular flexibility index (Phi) is 4.68. The minimum atomic E-state index is -0.218. The van der Waals surface area contributed by atoms with Crippen molar-refractivity contribution in [1.82, 2.24) is 4.98 Å². The fraction of sp³-hybridized carbons (Fsp3) is 0.333. The van der Waals surface area contributed by atoms with Crippen molar-refractivity contribution in [3.8, 4) is 11.3 Å². The molecule has 0 saturated carbocycles. The summed E-state index contributed by atoms with van der Waals surface area (Å²) in [6.07, 6.45) is 1.29. The van der Waals surface area contributed by atoms with Gasteiger partial charge in [0.05, 0.1) is 18.7 Å². The molecule has 0 atom stereocenters. The number of carbonyl (C=O) groups is 1. The molecule has 0 N–H and O–H groups in total. The van der Waals surface area contributed by atoms with Gasteiger partial charge >= 0.3 is 5.97 Å². The summed E-state index contributed by atoms with van der Waals surface area (Å²) in [6.45, 7) is 4.35. The molecule has 1 aromatic heterocycles. The van der Waals surface area contributed by atoms with Crippen LogP contribution >= 0.6 is 11.3 Å². The molecule has 0 radical (unpaired) electrons. The molecule has 0 amide bonds. The molecule has 0 spiro atoms. The molecular formula is C15H17NO2S. The highest BCUT2D eigenvalue weighted by molar-refractivity contribution is 7.10. The summed E-state index contributed by atoms with van der Waals surface area (Å²) in [5.41, 5.74) is 3.32. The normalized spacial score (nSPS) is 10.4. The van der Waals surface area contributed by atoms with Gasteiger partial charge in [-0.3, -0.25) is 4.79 Å². The number of rotatable bonds is 5. The standard InChI is InChI=1S/C15H17NO2S/c1-3-11-5-7-12(8-6-11)13-10-19-14(16-13)9-15(17)18-4-2/h5-8,10H,3-4,9H2,1-2H3. The van der Waals surface area contributed by atoms with E-state index in [9.17, 15) is 4.79 Å². The second-order valence-corrected chi connectivity index (χ2v) is 5.10. The van der Waals surface area contributed by atoms with E-state index >= 15 is 0 Å². The van der Waals surface area contributed by atoms with E-state index in [2.05, 4.69) is 36.2 Å². The van der Waals surface area contributed by atoms with Crippen molar-refractivity contribution in [3.63, 3.8) is 0 Å². The van der Waals surface area contributed by atoms with Gasteiger partial charge in [0.25, 0.3) is 0 Å². The summed E-state index contributed by atoms with van der Waals surface area (Å²) >= 11 is 1.50. The Labute approximate surface area is 117 Å². The fourth-order valence-electron chi connectivity index (χ4n) is 1.77. The first kappa shape index (κ1) is 13.7. The maximum atomic E-state index is 11.4. The number of esters is 1. The third-order valence-electron chi connectivity index (χ3n) is 2.81. The molecular weight excluding hydrogens is 258 g/mol. The summed E-state index contributed by atoms with van der Waals surface area (Å²) in [5.74, 6) is -0.218. The van der Waals surface area contributed by atoms with Crippen molar-refractivity contribution >= 4 is 17.3 Å². The minimum absolute atomic E-state index is 0.218. The summed E-state index contributed by atoms with van der Waals surface area (Å²) in [4.78, 5) is 15.9. The monoisotopic (exact) mass is 275 g/mol. The van der Waals surface area contributed by atoms with Crippen LogP contribution in [0.5, 0.6) is 0 Å². The number of thiazole rings is 1. The molecule has 0 saturated heterocycles. The minimum Gasteiger partial charge on any atom is -0.466 e. The van der Waals surface area contributed by atoms with Crippen molar-refractivity contribution in [3.05, 3.63) is 40.2 Å². The molecule has 1 heterocycles. The van der Waals surface area contributed by atoms with Crippen LogP contribution in [0.15, 0.2) is 29.6 Å². The second-order valence-electron chi connectivity index (χ2n) is 4.16. The molecule has 4 heteroatoms. The van der Waals surface area contributed by atoms with Crippen LogP contribution in [0.1, 0.15) is 24.4 Å². The average Bonchev–Trinajstić information content (AvgIpc) is 2.87. The van der Waals surface area contributed by atoms with E-state index in [0.29, 0.717) is 6.61 Å². The Morgan fingerprint density at radius 3 is 2.63 bits per heavy atom. The highest BCUT2D eigenvalue weighted by atomic mass is 32.1. The Balaban J connectivity index is 2.09. The molecule has 0 aliphatic heterocycles. The Bertz CT molecular complexity index is 546. The van der Waals surface area contributed by atoms with Gasteiger partial charge in [-0.15, -0.1) is 11.3 Å². The molecule has 0 aliphatic carbocycles. The zero-order valence-corrected chi connectivity index (χ0v) is 12.0. The van der Waals surface area contributed by atoms with E-state index in [-0.39, 0.29) is 12.4 Å². The van der Waals surface area contributed by atoms with Gasteiger partial charge in [-0.1, -0.05) is 31.2 Å². The molecule has 0 bridgehead atoms. The fourth-order valence-corrected chi connectivity index (χ4v) is 2.56. The molecule has 2 aromatic rings. The number of hydrogen-bond acceptors (Lipinski definition) is 4. The van der Waals surface area contributed by atoms with Gasteiger partial charge in [-0.05, 0) is 18.9 Å². The third-order valence-corrected chi connectivity index (χ3v) is 3.66. The molecule has 0 aliphatic rings. The first-order chi connectivity index (χ1) is 9.22. The maximum Gasteiger partial charge on any atom is 0.312 e. The van der Waals surface area contributed by atoms with Gasteiger partial charge in [-0.25, -0.2) is 4.98 Å². The van der Waals surface area contributed by atoms with Gasteiger partial charge < -0.3 is 4.74 Å². The lowest BCUT2D eigenvalue weighted by molar-refractivity contribution is -0.142. The largest absolute Gasteiger partial charge is 0.466 e. The van der Waals surface area contributed by atoms with Crippen molar-refractivity contribution in [2.24, 2.45) is 0 Å². The van der Waals surface area contributed by atoms with Crippen LogP contribution in [0.2, 0.25) is 0 Å².